The van der Waals surface area contributed by atoms with Crippen molar-refractivity contribution in [2.45, 2.75) is 44.8 Å². The molecule has 1 unspecified atom stereocenters. The lowest BCUT2D eigenvalue weighted by atomic mass is 9.86. The van der Waals surface area contributed by atoms with Crippen LogP contribution in [0.5, 0.6) is 0 Å². The molecular weight excluding hydrogens is 208 g/mol. The molecule has 0 saturated heterocycles. The van der Waals surface area contributed by atoms with E-state index in [1.807, 2.05) is 11.7 Å². The molecule has 0 bridgehead atoms. The second kappa shape index (κ2) is 5.58. The molecule has 2 N–H and O–H groups in total. The molecule has 1 aromatic heterocycles. The van der Waals surface area contributed by atoms with Crippen molar-refractivity contribution in [1.29, 1.82) is 0 Å². The molecule has 1 atom stereocenters. The number of rotatable bonds is 6. The van der Waals surface area contributed by atoms with Crippen molar-refractivity contribution in [3.8, 4) is 0 Å². The van der Waals surface area contributed by atoms with Crippen molar-refractivity contribution < 1.29 is 4.74 Å². The van der Waals surface area contributed by atoms with Crippen LogP contribution in [0.3, 0.4) is 0 Å². The number of hydrogen-bond acceptors (Lipinski definition) is 4. The van der Waals surface area contributed by atoms with Crippen molar-refractivity contribution in [3.63, 3.8) is 0 Å². The number of hydrogen-bond donors (Lipinski definition) is 1. The standard InChI is InChI=1S/C11H20N2OS/c1-4-11(5-2,14-3)10(12)6-9-7-13-8-15-9/h7-8,10H,4-6,12H2,1-3H3. The van der Waals surface area contributed by atoms with Crippen LogP contribution in [0, 0.1) is 0 Å². The van der Waals surface area contributed by atoms with Gasteiger partial charge in [0.2, 0.25) is 0 Å². The Morgan fingerprint density at radius 1 is 1.53 bits per heavy atom. The van der Waals surface area contributed by atoms with Gasteiger partial charge in [0.1, 0.15) is 0 Å². The molecule has 0 aliphatic rings. The SMILES string of the molecule is CCC(CC)(OC)C(N)Cc1cncs1. The van der Waals surface area contributed by atoms with Crippen LogP contribution >= 0.6 is 11.3 Å². The number of nitrogens with two attached hydrogens (primary N) is 1. The first-order valence-electron chi connectivity index (χ1n) is 5.36. The molecule has 0 aliphatic heterocycles. The van der Waals surface area contributed by atoms with Gasteiger partial charge in [-0.1, -0.05) is 13.8 Å². The number of ether oxygens (including phenoxy) is 1. The first-order valence-corrected chi connectivity index (χ1v) is 6.24. The van der Waals surface area contributed by atoms with Gasteiger partial charge in [-0.15, -0.1) is 11.3 Å². The van der Waals surface area contributed by atoms with E-state index in [1.165, 1.54) is 4.88 Å². The molecule has 1 rings (SSSR count). The van der Waals surface area contributed by atoms with E-state index in [-0.39, 0.29) is 11.6 Å². The van der Waals surface area contributed by atoms with E-state index < -0.39 is 0 Å². The average Bonchev–Trinajstić information content (AvgIpc) is 2.74. The predicted molar refractivity (Wildman–Crippen MR) is 64.1 cm³/mol. The van der Waals surface area contributed by atoms with Crippen molar-refractivity contribution in [1.82, 2.24) is 4.98 Å². The van der Waals surface area contributed by atoms with Crippen molar-refractivity contribution in [3.05, 3.63) is 16.6 Å². The number of thiazole rings is 1. The summed E-state index contributed by atoms with van der Waals surface area (Å²) in [5.41, 5.74) is 7.88. The van der Waals surface area contributed by atoms with Gasteiger partial charge in [-0.2, -0.15) is 0 Å². The van der Waals surface area contributed by atoms with E-state index in [0.29, 0.717) is 0 Å². The zero-order valence-corrected chi connectivity index (χ0v) is 10.5. The summed E-state index contributed by atoms with van der Waals surface area (Å²) in [5, 5.41) is 0. The van der Waals surface area contributed by atoms with E-state index >= 15 is 0 Å². The number of nitrogens with zero attached hydrogens (tertiary/aromatic N) is 1. The third kappa shape index (κ3) is 2.77. The van der Waals surface area contributed by atoms with Gasteiger partial charge < -0.3 is 10.5 Å². The maximum absolute atomic E-state index is 6.23. The third-order valence-corrected chi connectivity index (χ3v) is 3.99. The quantitative estimate of drug-likeness (QED) is 0.812. The number of methoxy groups -OCH3 is 1. The molecule has 0 fully saturated rings. The fourth-order valence-electron chi connectivity index (χ4n) is 1.96. The minimum absolute atomic E-state index is 0.0398. The Labute approximate surface area is 95.7 Å². The molecule has 1 heterocycles. The van der Waals surface area contributed by atoms with Crippen LogP contribution in [0.1, 0.15) is 31.6 Å². The molecule has 3 nitrogen and oxygen atoms in total. The topological polar surface area (TPSA) is 48.1 Å². The van der Waals surface area contributed by atoms with Gasteiger partial charge in [-0.25, -0.2) is 0 Å². The van der Waals surface area contributed by atoms with Crippen LogP contribution in [0.25, 0.3) is 0 Å². The fraction of sp³-hybridized carbons (Fsp3) is 0.727. The van der Waals surface area contributed by atoms with Gasteiger partial charge in [-0.3, -0.25) is 4.98 Å². The smallest absolute Gasteiger partial charge is 0.0827 e. The van der Waals surface area contributed by atoms with E-state index in [2.05, 4.69) is 18.8 Å². The molecule has 4 heteroatoms. The summed E-state index contributed by atoms with van der Waals surface area (Å²) < 4.78 is 5.61. The molecule has 0 amide bonds. The maximum atomic E-state index is 6.23. The van der Waals surface area contributed by atoms with Gasteiger partial charge in [0.05, 0.1) is 11.1 Å². The zero-order valence-electron chi connectivity index (χ0n) is 9.69. The summed E-state index contributed by atoms with van der Waals surface area (Å²) in [5.74, 6) is 0. The summed E-state index contributed by atoms with van der Waals surface area (Å²) in [6.07, 6.45) is 4.62. The average molecular weight is 228 g/mol. The van der Waals surface area contributed by atoms with E-state index in [4.69, 9.17) is 10.5 Å². The highest BCUT2D eigenvalue weighted by Crippen LogP contribution is 2.25. The van der Waals surface area contributed by atoms with Crippen LogP contribution in [-0.4, -0.2) is 23.7 Å². The molecule has 0 aliphatic carbocycles. The Hall–Kier alpha value is -0.450. The lowest BCUT2D eigenvalue weighted by Gasteiger charge is -2.36. The molecule has 1 aromatic rings. The highest BCUT2D eigenvalue weighted by atomic mass is 32.1. The first kappa shape index (κ1) is 12.6. The Bertz CT molecular complexity index is 262. The van der Waals surface area contributed by atoms with Crippen LogP contribution in [0.2, 0.25) is 0 Å². The molecule has 86 valence electrons. The van der Waals surface area contributed by atoms with Crippen LogP contribution in [-0.2, 0) is 11.2 Å². The van der Waals surface area contributed by atoms with Gasteiger partial charge in [-0.05, 0) is 12.8 Å². The zero-order chi connectivity index (χ0) is 11.3. The Kier molecular flexibility index (Phi) is 4.70. The molecule has 0 aromatic carbocycles. The van der Waals surface area contributed by atoms with Gasteiger partial charge in [0.25, 0.3) is 0 Å². The van der Waals surface area contributed by atoms with Crippen LogP contribution in [0.4, 0.5) is 0 Å². The Morgan fingerprint density at radius 3 is 2.60 bits per heavy atom. The highest BCUT2D eigenvalue weighted by molar-refractivity contribution is 7.09. The van der Waals surface area contributed by atoms with E-state index in [0.717, 1.165) is 19.3 Å². The van der Waals surface area contributed by atoms with Crippen molar-refractivity contribution in [2.24, 2.45) is 5.73 Å². The monoisotopic (exact) mass is 228 g/mol. The van der Waals surface area contributed by atoms with Crippen LogP contribution in [0.15, 0.2) is 11.7 Å². The second-order valence-corrected chi connectivity index (χ2v) is 4.73. The van der Waals surface area contributed by atoms with E-state index in [9.17, 15) is 0 Å². The lowest BCUT2D eigenvalue weighted by molar-refractivity contribution is -0.0372. The Balaban J connectivity index is 2.68. The lowest BCUT2D eigenvalue weighted by Crippen LogP contribution is -2.49. The fourth-order valence-corrected chi connectivity index (χ4v) is 2.61. The molecule has 0 radical (unpaired) electrons. The minimum atomic E-state index is -0.190. The van der Waals surface area contributed by atoms with Gasteiger partial charge in [0, 0.05) is 30.6 Å². The van der Waals surface area contributed by atoms with Gasteiger partial charge >= 0.3 is 0 Å². The first-order chi connectivity index (χ1) is 7.18. The van der Waals surface area contributed by atoms with Crippen LogP contribution < -0.4 is 5.73 Å². The predicted octanol–water partition coefficient (Wildman–Crippen LogP) is 2.22. The van der Waals surface area contributed by atoms with E-state index in [1.54, 1.807) is 18.4 Å². The summed E-state index contributed by atoms with van der Waals surface area (Å²) in [6.45, 7) is 4.25. The van der Waals surface area contributed by atoms with Gasteiger partial charge in [0.15, 0.2) is 0 Å². The molecule has 0 spiro atoms. The summed E-state index contributed by atoms with van der Waals surface area (Å²) in [4.78, 5) is 5.28. The summed E-state index contributed by atoms with van der Waals surface area (Å²) in [6, 6.07) is 0.0398. The minimum Gasteiger partial charge on any atom is -0.377 e. The third-order valence-electron chi connectivity index (χ3n) is 3.18. The van der Waals surface area contributed by atoms with Crippen molar-refractivity contribution in [2.75, 3.05) is 7.11 Å². The van der Waals surface area contributed by atoms with Crippen molar-refractivity contribution >= 4 is 11.3 Å². The molecular formula is C11H20N2OS. The highest BCUT2D eigenvalue weighted by Gasteiger charge is 2.33. The summed E-state index contributed by atoms with van der Waals surface area (Å²) in [7, 11) is 1.75. The molecule has 15 heavy (non-hydrogen) atoms. The number of aromatic nitrogens is 1. The largest absolute Gasteiger partial charge is 0.377 e. The Morgan fingerprint density at radius 2 is 2.20 bits per heavy atom. The maximum Gasteiger partial charge on any atom is 0.0827 e. The second-order valence-electron chi connectivity index (χ2n) is 3.75. The normalized spacial score (nSPS) is 14.1. The molecule has 0 saturated carbocycles. The summed E-state index contributed by atoms with van der Waals surface area (Å²) >= 11 is 1.65.